The van der Waals surface area contributed by atoms with E-state index in [1.807, 2.05) is 25.1 Å². The third kappa shape index (κ3) is 6.26. The second-order valence-corrected chi connectivity index (χ2v) is 12.4. The molecule has 0 bridgehead atoms. The second kappa shape index (κ2) is 11.0. The van der Waals surface area contributed by atoms with E-state index in [0.717, 1.165) is 23.6 Å². The van der Waals surface area contributed by atoms with Crippen molar-refractivity contribution in [2.75, 3.05) is 0 Å². The van der Waals surface area contributed by atoms with Crippen molar-refractivity contribution in [1.82, 2.24) is 4.31 Å². The van der Waals surface area contributed by atoms with Crippen LogP contribution in [0.1, 0.15) is 31.4 Å². The monoisotopic (exact) mass is 577 g/mol. The highest BCUT2D eigenvalue weighted by Gasteiger charge is 2.32. The Morgan fingerprint density at radius 2 is 1.51 bits per heavy atom. The lowest BCUT2D eigenvalue weighted by molar-refractivity contribution is -0.137. The van der Waals surface area contributed by atoms with E-state index in [1.165, 1.54) is 22.5 Å². The molecule has 0 heterocycles. The predicted molar refractivity (Wildman–Crippen MR) is 142 cm³/mol. The van der Waals surface area contributed by atoms with Gasteiger partial charge in [-0.05, 0) is 60.7 Å². The first-order chi connectivity index (χ1) is 18.3. The Morgan fingerprint density at radius 1 is 0.846 bits per heavy atom. The smallest absolute Gasteiger partial charge is 0.379 e. The molecule has 0 radical (unpaired) electrons. The summed E-state index contributed by atoms with van der Waals surface area (Å²) in [6.07, 6.45) is -4.20. The van der Waals surface area contributed by atoms with Crippen molar-refractivity contribution in [1.29, 1.82) is 0 Å². The fraction of sp³-hybridized carbons (Fsp3) is 0.214. The van der Waals surface area contributed by atoms with Gasteiger partial charge in [-0.25, -0.2) is 8.42 Å². The van der Waals surface area contributed by atoms with E-state index in [-0.39, 0.29) is 17.2 Å². The van der Waals surface area contributed by atoms with Gasteiger partial charge >= 0.3 is 16.3 Å². The summed E-state index contributed by atoms with van der Waals surface area (Å²) >= 11 is 0. The van der Waals surface area contributed by atoms with Crippen LogP contribution >= 0.6 is 0 Å². The van der Waals surface area contributed by atoms with Crippen LogP contribution in [0.4, 0.5) is 13.2 Å². The Balaban J connectivity index is 1.65. The molecule has 4 aromatic rings. The van der Waals surface area contributed by atoms with Crippen LogP contribution in [0.15, 0.2) is 101 Å². The van der Waals surface area contributed by atoms with Crippen LogP contribution in [0, 0.1) is 0 Å². The van der Waals surface area contributed by atoms with Gasteiger partial charge in [0.1, 0.15) is 10.6 Å². The Labute approximate surface area is 225 Å². The van der Waals surface area contributed by atoms with Gasteiger partial charge in [-0.15, -0.1) is 0 Å². The van der Waals surface area contributed by atoms with Crippen molar-refractivity contribution in [3.8, 4) is 5.75 Å². The summed E-state index contributed by atoms with van der Waals surface area (Å²) in [6, 6.07) is 20.9. The lowest BCUT2D eigenvalue weighted by Gasteiger charge is -2.28. The van der Waals surface area contributed by atoms with Crippen LogP contribution in [0.25, 0.3) is 10.8 Å². The molecule has 1 atom stereocenters. The summed E-state index contributed by atoms with van der Waals surface area (Å²) in [6.45, 7) is 3.56. The van der Waals surface area contributed by atoms with Crippen LogP contribution < -0.4 is 4.18 Å². The minimum atomic E-state index is -4.72. The molecule has 39 heavy (non-hydrogen) atoms. The molecular weight excluding hydrogens is 551 g/mol. The van der Waals surface area contributed by atoms with Gasteiger partial charge in [0, 0.05) is 18.0 Å². The van der Waals surface area contributed by atoms with Gasteiger partial charge in [-0.2, -0.15) is 25.9 Å². The maximum atomic E-state index is 13.9. The summed E-state index contributed by atoms with van der Waals surface area (Å²) < 4.78 is 98.9. The van der Waals surface area contributed by atoms with Crippen molar-refractivity contribution in [3.05, 3.63) is 102 Å². The van der Waals surface area contributed by atoms with E-state index in [1.54, 1.807) is 37.3 Å². The fourth-order valence-corrected chi connectivity index (χ4v) is 6.99. The molecule has 0 N–H and O–H groups in total. The Bertz CT molecular complexity index is 1700. The summed E-state index contributed by atoms with van der Waals surface area (Å²) in [5.41, 5.74) is -0.681. The topological polar surface area (TPSA) is 80.8 Å². The molecule has 4 aromatic carbocycles. The Morgan fingerprint density at radius 3 is 2.23 bits per heavy atom. The average molecular weight is 578 g/mol. The van der Waals surface area contributed by atoms with E-state index in [2.05, 4.69) is 0 Å². The molecule has 0 aromatic heterocycles. The highest BCUT2D eigenvalue weighted by atomic mass is 32.2. The minimum absolute atomic E-state index is 0.0820. The highest BCUT2D eigenvalue weighted by molar-refractivity contribution is 7.89. The third-order valence-corrected chi connectivity index (χ3v) is 9.57. The van der Waals surface area contributed by atoms with Gasteiger partial charge in [0.2, 0.25) is 10.0 Å². The predicted octanol–water partition coefficient (Wildman–Crippen LogP) is 6.62. The fourth-order valence-electron chi connectivity index (χ4n) is 4.11. The first-order valence-corrected chi connectivity index (χ1v) is 14.9. The molecule has 0 aliphatic rings. The molecule has 0 aliphatic carbocycles. The number of hydrogen-bond donors (Lipinski definition) is 0. The minimum Gasteiger partial charge on any atom is -0.379 e. The molecule has 206 valence electrons. The van der Waals surface area contributed by atoms with Gasteiger partial charge in [-0.3, -0.25) is 0 Å². The summed E-state index contributed by atoms with van der Waals surface area (Å²) in [4.78, 5) is -0.497. The highest BCUT2D eigenvalue weighted by Crippen LogP contribution is 2.32. The Hall–Kier alpha value is -3.41. The number of nitrogens with zero attached hydrogens (tertiary/aromatic N) is 1. The van der Waals surface area contributed by atoms with Crippen molar-refractivity contribution >= 4 is 30.9 Å². The van der Waals surface area contributed by atoms with E-state index in [0.29, 0.717) is 23.4 Å². The molecule has 6 nitrogen and oxygen atoms in total. The first-order valence-electron chi connectivity index (χ1n) is 12.0. The van der Waals surface area contributed by atoms with E-state index < -0.39 is 42.8 Å². The molecule has 0 saturated carbocycles. The van der Waals surface area contributed by atoms with Gasteiger partial charge < -0.3 is 4.18 Å². The largest absolute Gasteiger partial charge is 0.416 e. The molecule has 0 spiro atoms. The van der Waals surface area contributed by atoms with E-state index in [4.69, 9.17) is 4.18 Å². The lowest BCUT2D eigenvalue weighted by Crippen LogP contribution is -2.37. The Kier molecular flexibility index (Phi) is 8.06. The molecule has 1 unspecified atom stereocenters. The normalized spacial score (nSPS) is 13.5. The summed E-state index contributed by atoms with van der Waals surface area (Å²) in [5.74, 6) is -0.156. The van der Waals surface area contributed by atoms with Crippen molar-refractivity contribution in [2.45, 2.75) is 48.8 Å². The average Bonchev–Trinajstić information content (AvgIpc) is 2.90. The van der Waals surface area contributed by atoms with Crippen molar-refractivity contribution < 1.29 is 34.2 Å². The van der Waals surface area contributed by atoms with Gasteiger partial charge in [0.05, 0.1) is 10.5 Å². The number of halogens is 3. The zero-order valence-electron chi connectivity index (χ0n) is 21.1. The van der Waals surface area contributed by atoms with Crippen LogP contribution in [-0.4, -0.2) is 27.2 Å². The summed E-state index contributed by atoms with van der Waals surface area (Å²) in [5, 5.41) is 1.36. The number of benzene rings is 4. The zero-order valence-corrected chi connectivity index (χ0v) is 22.7. The molecular formula is C28H26F3NO5S2. The van der Waals surface area contributed by atoms with Gasteiger partial charge in [0.25, 0.3) is 0 Å². The van der Waals surface area contributed by atoms with Crippen LogP contribution in [0.2, 0.25) is 0 Å². The molecule has 11 heteroatoms. The van der Waals surface area contributed by atoms with Crippen LogP contribution in [0.5, 0.6) is 5.75 Å². The third-order valence-electron chi connectivity index (χ3n) is 6.31. The number of alkyl halides is 3. The molecule has 4 rings (SSSR count). The molecule has 0 amide bonds. The van der Waals surface area contributed by atoms with Crippen molar-refractivity contribution in [2.24, 2.45) is 0 Å². The quantitative estimate of drug-likeness (QED) is 0.209. The SMILES string of the molecule is CCC(C)N(Cc1cccc(OS(=O)(=O)c2cccc(C(F)(F)F)c2)c1)S(=O)(=O)c1cccc2ccccc12. The van der Waals surface area contributed by atoms with E-state index in [9.17, 15) is 30.0 Å². The number of fused-ring (bicyclic) bond motifs is 1. The number of rotatable bonds is 9. The number of sulfonamides is 1. The molecule has 0 fully saturated rings. The summed E-state index contributed by atoms with van der Waals surface area (Å²) in [7, 11) is -8.57. The first kappa shape index (κ1) is 28.6. The maximum absolute atomic E-state index is 13.9. The molecule has 0 aliphatic heterocycles. The van der Waals surface area contributed by atoms with Gasteiger partial charge in [0.15, 0.2) is 0 Å². The standard InChI is InChI=1S/C28H26F3NO5S2/c1-3-20(2)32(38(33,34)27-16-7-11-22-10-4-5-15-26(22)27)19-21-9-6-13-24(17-21)37-39(35,36)25-14-8-12-23(18-25)28(29,30)31/h4-18,20H,3,19H2,1-2H3. The van der Waals surface area contributed by atoms with Crippen molar-refractivity contribution in [3.63, 3.8) is 0 Å². The second-order valence-electron chi connectivity index (χ2n) is 9.00. The van der Waals surface area contributed by atoms with E-state index >= 15 is 0 Å². The lowest BCUT2D eigenvalue weighted by atomic mass is 10.1. The van der Waals surface area contributed by atoms with Gasteiger partial charge in [-0.1, -0.05) is 61.5 Å². The zero-order chi connectivity index (χ0) is 28.4. The molecule has 0 saturated heterocycles. The van der Waals surface area contributed by atoms with Crippen LogP contribution in [0.3, 0.4) is 0 Å². The maximum Gasteiger partial charge on any atom is 0.416 e. The van der Waals surface area contributed by atoms with Crippen LogP contribution in [-0.2, 0) is 32.9 Å². The number of hydrogen-bond acceptors (Lipinski definition) is 5.